The van der Waals surface area contributed by atoms with E-state index in [-0.39, 0.29) is 12.5 Å². The number of carbonyl (C=O) groups excluding carboxylic acids is 1. The van der Waals surface area contributed by atoms with E-state index in [2.05, 4.69) is 6.58 Å². The average molecular weight is 261 g/mol. The fraction of sp³-hybridized carbons (Fsp3) is 0.438. The highest BCUT2D eigenvalue weighted by Gasteiger charge is 2.13. The second-order valence-electron chi connectivity index (χ2n) is 4.87. The fourth-order valence-electron chi connectivity index (χ4n) is 1.95. The number of hydrogen-bond acceptors (Lipinski definition) is 2. The summed E-state index contributed by atoms with van der Waals surface area (Å²) >= 11 is 0. The highest BCUT2D eigenvalue weighted by Crippen LogP contribution is 2.22. The second kappa shape index (κ2) is 6.98. The first kappa shape index (κ1) is 15.3. The lowest BCUT2D eigenvalue weighted by Crippen LogP contribution is -2.36. The minimum Gasteiger partial charge on any atom is -0.483 e. The number of para-hydroxylation sites is 1. The van der Waals surface area contributed by atoms with Crippen molar-refractivity contribution >= 4 is 5.91 Å². The Morgan fingerprint density at radius 1 is 1.32 bits per heavy atom. The van der Waals surface area contributed by atoms with Crippen molar-refractivity contribution in [2.45, 2.75) is 27.7 Å². The van der Waals surface area contributed by atoms with Gasteiger partial charge in [-0.25, -0.2) is 0 Å². The monoisotopic (exact) mass is 261 g/mol. The van der Waals surface area contributed by atoms with Gasteiger partial charge in [-0.1, -0.05) is 30.4 Å². The van der Waals surface area contributed by atoms with E-state index in [1.165, 1.54) is 0 Å². The molecule has 104 valence electrons. The van der Waals surface area contributed by atoms with Gasteiger partial charge in [0.2, 0.25) is 0 Å². The topological polar surface area (TPSA) is 29.5 Å². The third kappa shape index (κ3) is 4.43. The minimum atomic E-state index is -0.00634. The highest BCUT2D eigenvalue weighted by molar-refractivity contribution is 5.78. The molecule has 19 heavy (non-hydrogen) atoms. The number of benzene rings is 1. The fourth-order valence-corrected chi connectivity index (χ4v) is 1.95. The van der Waals surface area contributed by atoms with E-state index in [1.54, 1.807) is 4.90 Å². The van der Waals surface area contributed by atoms with Crippen molar-refractivity contribution in [3.63, 3.8) is 0 Å². The number of rotatable bonds is 6. The van der Waals surface area contributed by atoms with E-state index >= 15 is 0 Å². The van der Waals surface area contributed by atoms with Crippen LogP contribution >= 0.6 is 0 Å². The lowest BCUT2D eigenvalue weighted by atomic mass is 10.1. The summed E-state index contributed by atoms with van der Waals surface area (Å²) in [5, 5.41) is 0. The van der Waals surface area contributed by atoms with Crippen LogP contribution in [0.4, 0.5) is 0 Å². The van der Waals surface area contributed by atoms with Crippen LogP contribution < -0.4 is 4.74 Å². The maximum atomic E-state index is 12.1. The maximum Gasteiger partial charge on any atom is 0.260 e. The molecule has 0 radical (unpaired) electrons. The molecule has 0 N–H and O–H groups in total. The molecule has 0 unspecified atom stereocenters. The Morgan fingerprint density at radius 2 is 1.89 bits per heavy atom. The number of aryl methyl sites for hydroxylation is 2. The van der Waals surface area contributed by atoms with Gasteiger partial charge < -0.3 is 9.64 Å². The second-order valence-corrected chi connectivity index (χ2v) is 4.87. The first-order valence-corrected chi connectivity index (χ1v) is 6.56. The summed E-state index contributed by atoms with van der Waals surface area (Å²) in [7, 11) is 0. The highest BCUT2D eigenvalue weighted by atomic mass is 16.5. The molecule has 1 rings (SSSR count). The maximum absolute atomic E-state index is 12.1. The molecule has 1 amide bonds. The Labute approximate surface area is 115 Å². The summed E-state index contributed by atoms with van der Waals surface area (Å²) in [6.45, 7) is 13.0. The molecule has 0 aromatic heterocycles. The zero-order valence-corrected chi connectivity index (χ0v) is 12.3. The van der Waals surface area contributed by atoms with Crippen LogP contribution in [-0.4, -0.2) is 30.5 Å². The Kier molecular flexibility index (Phi) is 5.61. The normalized spacial score (nSPS) is 10.1. The number of likely N-dealkylation sites (N-methyl/N-ethyl adjacent to an activating group) is 1. The van der Waals surface area contributed by atoms with Crippen LogP contribution in [0.2, 0.25) is 0 Å². The summed E-state index contributed by atoms with van der Waals surface area (Å²) in [5.41, 5.74) is 3.08. The van der Waals surface area contributed by atoms with Gasteiger partial charge in [0.1, 0.15) is 5.75 Å². The van der Waals surface area contributed by atoms with E-state index in [0.29, 0.717) is 13.1 Å². The lowest BCUT2D eigenvalue weighted by Gasteiger charge is -2.21. The van der Waals surface area contributed by atoms with E-state index in [1.807, 2.05) is 45.9 Å². The summed E-state index contributed by atoms with van der Waals surface area (Å²) in [5.74, 6) is 0.801. The van der Waals surface area contributed by atoms with Crippen molar-refractivity contribution in [1.29, 1.82) is 0 Å². The van der Waals surface area contributed by atoms with Crippen LogP contribution in [0, 0.1) is 13.8 Å². The van der Waals surface area contributed by atoms with Gasteiger partial charge in [-0.05, 0) is 38.8 Å². The van der Waals surface area contributed by atoms with E-state index < -0.39 is 0 Å². The molecule has 0 atom stereocenters. The van der Waals surface area contributed by atoms with Crippen LogP contribution in [-0.2, 0) is 4.79 Å². The quantitative estimate of drug-likeness (QED) is 0.736. The van der Waals surface area contributed by atoms with Gasteiger partial charge in [-0.3, -0.25) is 4.79 Å². The number of hydrogen-bond donors (Lipinski definition) is 0. The molecule has 0 saturated heterocycles. The molecular formula is C16H23NO2. The van der Waals surface area contributed by atoms with Crippen molar-refractivity contribution in [2.24, 2.45) is 0 Å². The van der Waals surface area contributed by atoms with Crippen LogP contribution in [0.5, 0.6) is 5.75 Å². The molecule has 0 aliphatic carbocycles. The van der Waals surface area contributed by atoms with Crippen molar-refractivity contribution in [2.75, 3.05) is 19.7 Å². The predicted molar refractivity (Wildman–Crippen MR) is 78.5 cm³/mol. The Balaban J connectivity index is 2.65. The third-order valence-electron chi connectivity index (χ3n) is 2.94. The molecule has 0 saturated carbocycles. The smallest absolute Gasteiger partial charge is 0.260 e. The Morgan fingerprint density at radius 3 is 2.37 bits per heavy atom. The molecule has 0 spiro atoms. The number of ether oxygens (including phenoxy) is 1. The van der Waals surface area contributed by atoms with E-state index in [0.717, 1.165) is 22.4 Å². The molecule has 0 aliphatic heterocycles. The van der Waals surface area contributed by atoms with Gasteiger partial charge in [0.15, 0.2) is 6.61 Å². The van der Waals surface area contributed by atoms with Gasteiger partial charge >= 0.3 is 0 Å². The summed E-state index contributed by atoms with van der Waals surface area (Å²) < 4.78 is 5.67. The first-order valence-electron chi connectivity index (χ1n) is 6.56. The number of carbonyl (C=O) groups is 1. The zero-order valence-electron chi connectivity index (χ0n) is 12.3. The Bertz CT molecular complexity index is 446. The SMILES string of the molecule is C=C(C)CN(CC)C(=O)COc1c(C)cccc1C. The van der Waals surface area contributed by atoms with Crippen molar-refractivity contribution in [3.8, 4) is 5.75 Å². The van der Waals surface area contributed by atoms with E-state index in [4.69, 9.17) is 4.74 Å². The van der Waals surface area contributed by atoms with Gasteiger partial charge in [0, 0.05) is 13.1 Å². The van der Waals surface area contributed by atoms with Crippen molar-refractivity contribution < 1.29 is 9.53 Å². The Hall–Kier alpha value is -1.77. The standard InChI is InChI=1S/C16H23NO2/c1-6-17(10-12(2)3)15(18)11-19-16-13(4)8-7-9-14(16)5/h7-9H,2,6,10-11H2,1,3-5H3. The number of amides is 1. The van der Waals surface area contributed by atoms with Gasteiger partial charge in [0.25, 0.3) is 5.91 Å². The average Bonchev–Trinajstić information content (AvgIpc) is 2.34. The minimum absolute atomic E-state index is 0.00634. The van der Waals surface area contributed by atoms with Gasteiger partial charge in [0.05, 0.1) is 0 Å². The van der Waals surface area contributed by atoms with Crippen LogP contribution in [0.3, 0.4) is 0 Å². The molecule has 0 fully saturated rings. The zero-order chi connectivity index (χ0) is 14.4. The molecule has 0 aliphatic rings. The molecule has 0 heterocycles. The first-order chi connectivity index (χ1) is 8.95. The van der Waals surface area contributed by atoms with Crippen molar-refractivity contribution in [3.05, 3.63) is 41.5 Å². The molecule has 1 aromatic carbocycles. The van der Waals surface area contributed by atoms with E-state index in [9.17, 15) is 4.79 Å². The molecule has 3 nitrogen and oxygen atoms in total. The number of nitrogens with zero attached hydrogens (tertiary/aromatic N) is 1. The summed E-state index contributed by atoms with van der Waals surface area (Å²) in [6.07, 6.45) is 0. The predicted octanol–water partition coefficient (Wildman–Crippen LogP) is 3.11. The molecular weight excluding hydrogens is 238 g/mol. The van der Waals surface area contributed by atoms with Crippen LogP contribution in [0.1, 0.15) is 25.0 Å². The molecule has 0 bridgehead atoms. The third-order valence-corrected chi connectivity index (χ3v) is 2.94. The van der Waals surface area contributed by atoms with Crippen LogP contribution in [0.25, 0.3) is 0 Å². The largest absolute Gasteiger partial charge is 0.483 e. The van der Waals surface area contributed by atoms with Crippen LogP contribution in [0.15, 0.2) is 30.4 Å². The van der Waals surface area contributed by atoms with Gasteiger partial charge in [-0.15, -0.1) is 0 Å². The molecule has 3 heteroatoms. The molecule has 1 aromatic rings. The summed E-state index contributed by atoms with van der Waals surface area (Å²) in [6, 6.07) is 5.95. The van der Waals surface area contributed by atoms with Gasteiger partial charge in [-0.2, -0.15) is 0 Å². The summed E-state index contributed by atoms with van der Waals surface area (Å²) in [4.78, 5) is 13.8. The van der Waals surface area contributed by atoms with Crippen molar-refractivity contribution in [1.82, 2.24) is 4.90 Å². The lowest BCUT2D eigenvalue weighted by molar-refractivity contribution is -0.132.